The molecule has 25 heavy (non-hydrogen) atoms. The van der Waals surface area contributed by atoms with Crippen LogP contribution < -0.4 is 0 Å². The number of fused-ring (bicyclic) bond motifs is 1. The quantitative estimate of drug-likeness (QED) is 0.534. The monoisotopic (exact) mass is 334 g/mol. The lowest BCUT2D eigenvalue weighted by Crippen LogP contribution is -2.07. The maximum absolute atomic E-state index is 12.5. The van der Waals surface area contributed by atoms with Crippen molar-refractivity contribution in [3.63, 3.8) is 0 Å². The molecule has 7 heteroatoms. The van der Waals surface area contributed by atoms with Gasteiger partial charge in [0.2, 0.25) is 11.8 Å². The molecule has 0 N–H and O–H groups in total. The Morgan fingerprint density at radius 3 is 2.80 bits per heavy atom. The zero-order chi connectivity index (χ0) is 17.2. The molecule has 0 amide bonds. The molecule has 0 saturated carbocycles. The van der Waals surface area contributed by atoms with E-state index < -0.39 is 5.97 Å². The standard InChI is InChI=1S/C18H14N4O3/c1-12-20-21-17(25-12)14-6-2-3-7-15(14)18(23)24-11-13-10-22-9-5-4-8-16(22)19-13/h2-10H,11H2,1H3. The first-order valence-electron chi connectivity index (χ1n) is 7.70. The second-order valence-corrected chi connectivity index (χ2v) is 5.45. The average molecular weight is 334 g/mol. The zero-order valence-corrected chi connectivity index (χ0v) is 13.4. The van der Waals surface area contributed by atoms with Crippen LogP contribution in [0.1, 0.15) is 21.9 Å². The van der Waals surface area contributed by atoms with Crippen molar-refractivity contribution in [2.24, 2.45) is 0 Å². The van der Waals surface area contributed by atoms with Crippen molar-refractivity contribution in [2.75, 3.05) is 0 Å². The Morgan fingerprint density at radius 2 is 2.00 bits per heavy atom. The molecule has 124 valence electrons. The van der Waals surface area contributed by atoms with Gasteiger partial charge in [-0.25, -0.2) is 9.78 Å². The summed E-state index contributed by atoms with van der Waals surface area (Å²) in [5.74, 6) is 0.254. The number of hydrogen-bond donors (Lipinski definition) is 0. The number of benzene rings is 1. The summed E-state index contributed by atoms with van der Waals surface area (Å²) in [6.45, 7) is 1.78. The molecule has 4 rings (SSSR count). The van der Waals surface area contributed by atoms with E-state index in [1.165, 1.54) is 0 Å². The van der Waals surface area contributed by atoms with Crippen LogP contribution in [0.4, 0.5) is 0 Å². The number of rotatable bonds is 4. The molecule has 0 spiro atoms. The van der Waals surface area contributed by atoms with Gasteiger partial charge in [-0.2, -0.15) is 0 Å². The largest absolute Gasteiger partial charge is 0.455 e. The Labute approximate surface area is 142 Å². The number of carbonyl (C=O) groups is 1. The van der Waals surface area contributed by atoms with Gasteiger partial charge in [0.15, 0.2) is 0 Å². The first kappa shape index (κ1) is 15.1. The summed E-state index contributed by atoms with van der Waals surface area (Å²) in [6, 6.07) is 12.7. The number of ether oxygens (including phenoxy) is 1. The minimum Gasteiger partial charge on any atom is -0.455 e. The molecular weight excluding hydrogens is 320 g/mol. The molecule has 3 heterocycles. The summed E-state index contributed by atoms with van der Waals surface area (Å²) < 4.78 is 12.7. The maximum atomic E-state index is 12.5. The van der Waals surface area contributed by atoms with Gasteiger partial charge in [-0.1, -0.05) is 18.2 Å². The third-order valence-corrected chi connectivity index (χ3v) is 3.67. The van der Waals surface area contributed by atoms with E-state index in [1.54, 1.807) is 31.2 Å². The second kappa shape index (κ2) is 6.20. The third kappa shape index (κ3) is 2.99. The van der Waals surface area contributed by atoms with Gasteiger partial charge < -0.3 is 13.6 Å². The normalized spacial score (nSPS) is 10.9. The van der Waals surface area contributed by atoms with Crippen LogP contribution >= 0.6 is 0 Å². The molecule has 0 unspecified atom stereocenters. The highest BCUT2D eigenvalue weighted by molar-refractivity contribution is 5.96. The van der Waals surface area contributed by atoms with E-state index in [0.29, 0.717) is 22.7 Å². The molecule has 0 aliphatic heterocycles. The number of aromatic nitrogens is 4. The van der Waals surface area contributed by atoms with Crippen molar-refractivity contribution >= 4 is 11.6 Å². The van der Waals surface area contributed by atoms with E-state index in [-0.39, 0.29) is 12.5 Å². The number of esters is 1. The van der Waals surface area contributed by atoms with Gasteiger partial charge in [-0.3, -0.25) is 0 Å². The van der Waals surface area contributed by atoms with Gasteiger partial charge in [0.25, 0.3) is 0 Å². The smallest absolute Gasteiger partial charge is 0.339 e. The van der Waals surface area contributed by atoms with Gasteiger partial charge in [-0.15, -0.1) is 10.2 Å². The van der Waals surface area contributed by atoms with Crippen LogP contribution in [0.15, 0.2) is 59.3 Å². The van der Waals surface area contributed by atoms with Gasteiger partial charge in [-0.05, 0) is 24.3 Å². The highest BCUT2D eigenvalue weighted by atomic mass is 16.5. The summed E-state index contributed by atoms with van der Waals surface area (Å²) >= 11 is 0. The Bertz CT molecular complexity index is 1020. The van der Waals surface area contributed by atoms with E-state index in [1.807, 2.05) is 35.0 Å². The molecule has 1 aromatic carbocycles. The third-order valence-electron chi connectivity index (χ3n) is 3.67. The maximum Gasteiger partial charge on any atom is 0.339 e. The summed E-state index contributed by atoms with van der Waals surface area (Å²) in [5, 5.41) is 7.77. The predicted molar refractivity (Wildman–Crippen MR) is 88.8 cm³/mol. The lowest BCUT2D eigenvalue weighted by Gasteiger charge is -2.06. The van der Waals surface area contributed by atoms with E-state index in [2.05, 4.69) is 15.2 Å². The lowest BCUT2D eigenvalue weighted by molar-refractivity contribution is 0.0469. The molecule has 7 nitrogen and oxygen atoms in total. The van der Waals surface area contributed by atoms with Gasteiger partial charge in [0.05, 0.1) is 16.8 Å². The van der Waals surface area contributed by atoms with Crippen molar-refractivity contribution in [1.82, 2.24) is 19.6 Å². The van der Waals surface area contributed by atoms with E-state index in [4.69, 9.17) is 9.15 Å². The van der Waals surface area contributed by atoms with Crippen molar-refractivity contribution in [3.05, 3.63) is 72.0 Å². The Hall–Kier alpha value is -3.48. The minimum absolute atomic E-state index is 0.0811. The van der Waals surface area contributed by atoms with Crippen LogP contribution in [0.5, 0.6) is 0 Å². The fourth-order valence-corrected chi connectivity index (χ4v) is 2.53. The fraction of sp³-hybridized carbons (Fsp3) is 0.111. The second-order valence-electron chi connectivity index (χ2n) is 5.45. The van der Waals surface area contributed by atoms with Crippen molar-refractivity contribution in [3.8, 4) is 11.5 Å². The van der Waals surface area contributed by atoms with Crippen molar-refractivity contribution in [1.29, 1.82) is 0 Å². The number of hydrogen-bond acceptors (Lipinski definition) is 6. The van der Waals surface area contributed by atoms with Crippen LogP contribution in [-0.2, 0) is 11.3 Å². The van der Waals surface area contributed by atoms with Crippen LogP contribution in [0.2, 0.25) is 0 Å². The summed E-state index contributed by atoms with van der Waals surface area (Å²) in [7, 11) is 0. The number of nitrogens with zero attached hydrogens (tertiary/aromatic N) is 4. The first-order chi connectivity index (χ1) is 12.2. The molecule has 0 aliphatic carbocycles. The minimum atomic E-state index is -0.469. The molecule has 0 saturated heterocycles. The fourth-order valence-electron chi connectivity index (χ4n) is 2.53. The SMILES string of the molecule is Cc1nnc(-c2ccccc2C(=O)OCc2cn3ccccc3n2)o1. The van der Waals surface area contributed by atoms with Crippen LogP contribution in [0, 0.1) is 6.92 Å². The van der Waals surface area contributed by atoms with Crippen LogP contribution in [0.25, 0.3) is 17.1 Å². The highest BCUT2D eigenvalue weighted by Crippen LogP contribution is 2.23. The van der Waals surface area contributed by atoms with Crippen molar-refractivity contribution in [2.45, 2.75) is 13.5 Å². The zero-order valence-electron chi connectivity index (χ0n) is 13.4. The Morgan fingerprint density at radius 1 is 1.16 bits per heavy atom. The number of carbonyl (C=O) groups excluding carboxylic acids is 1. The lowest BCUT2D eigenvalue weighted by atomic mass is 10.1. The van der Waals surface area contributed by atoms with Gasteiger partial charge in [0.1, 0.15) is 12.3 Å². The predicted octanol–water partition coefficient (Wildman–Crippen LogP) is 3.05. The highest BCUT2D eigenvalue weighted by Gasteiger charge is 2.18. The summed E-state index contributed by atoms with van der Waals surface area (Å²) in [4.78, 5) is 16.9. The molecule has 0 atom stereocenters. The molecule has 0 bridgehead atoms. The molecular formula is C18H14N4O3. The molecule has 3 aromatic heterocycles. The van der Waals surface area contributed by atoms with Crippen LogP contribution in [0.3, 0.4) is 0 Å². The number of pyridine rings is 1. The van der Waals surface area contributed by atoms with E-state index in [0.717, 1.165) is 5.65 Å². The topological polar surface area (TPSA) is 82.5 Å². The van der Waals surface area contributed by atoms with E-state index in [9.17, 15) is 4.79 Å². The average Bonchev–Trinajstić information content (AvgIpc) is 3.25. The Kier molecular flexibility index (Phi) is 3.74. The molecule has 4 aromatic rings. The van der Waals surface area contributed by atoms with Crippen LogP contribution in [-0.4, -0.2) is 25.6 Å². The van der Waals surface area contributed by atoms with Gasteiger partial charge in [0, 0.05) is 19.3 Å². The van der Waals surface area contributed by atoms with Crippen molar-refractivity contribution < 1.29 is 13.9 Å². The number of imidazole rings is 1. The first-order valence-corrected chi connectivity index (χ1v) is 7.70. The summed E-state index contributed by atoms with van der Waals surface area (Å²) in [5.41, 5.74) is 2.39. The van der Waals surface area contributed by atoms with E-state index >= 15 is 0 Å². The molecule has 0 fully saturated rings. The summed E-state index contributed by atoms with van der Waals surface area (Å²) in [6.07, 6.45) is 3.72. The molecule has 0 radical (unpaired) electrons. The van der Waals surface area contributed by atoms with Gasteiger partial charge >= 0.3 is 5.97 Å². The molecule has 0 aliphatic rings. The number of aryl methyl sites for hydroxylation is 1. The Balaban J connectivity index is 1.55.